The highest BCUT2D eigenvalue weighted by Crippen LogP contribution is 2.40. The number of rotatable bonds is 15. The first-order chi connectivity index (χ1) is 30.8. The number of thioether (sulfide) groups is 1. The zero-order chi connectivity index (χ0) is 46.6. The van der Waals surface area contributed by atoms with Crippen LogP contribution < -0.4 is 20.3 Å². The summed E-state index contributed by atoms with van der Waals surface area (Å²) in [6.45, 7) is 1.77. The average molecular weight is 961 g/mol. The van der Waals surface area contributed by atoms with Crippen molar-refractivity contribution in [1.82, 2.24) is 10.0 Å². The third kappa shape index (κ3) is 11.5. The second-order valence-corrected chi connectivity index (χ2v) is 20.7. The van der Waals surface area contributed by atoms with Gasteiger partial charge in [0.25, 0.3) is 25.8 Å². The van der Waals surface area contributed by atoms with Crippen molar-refractivity contribution in [1.29, 1.82) is 0 Å². The molecule has 2 saturated heterocycles. The van der Waals surface area contributed by atoms with Crippen LogP contribution >= 0.6 is 11.8 Å². The molecule has 2 fully saturated rings. The van der Waals surface area contributed by atoms with Crippen molar-refractivity contribution in [3.63, 3.8) is 0 Å². The van der Waals surface area contributed by atoms with Gasteiger partial charge in [0.1, 0.15) is 4.90 Å². The van der Waals surface area contributed by atoms with E-state index in [-0.39, 0.29) is 17.5 Å². The largest absolute Gasteiger partial charge is 0.501 e. The zero-order valence-electron chi connectivity index (χ0n) is 34.6. The van der Waals surface area contributed by atoms with Gasteiger partial charge < -0.3 is 20.6 Å². The highest BCUT2D eigenvalue weighted by molar-refractivity contribution is 7.99. The Balaban J connectivity index is 1.02. The predicted molar refractivity (Wildman–Crippen MR) is 238 cm³/mol. The maximum absolute atomic E-state index is 14.1. The number of sulfone groups is 1. The Hall–Kier alpha value is -5.08. The maximum Gasteiger partial charge on any atom is 0.501 e. The lowest BCUT2D eigenvalue weighted by molar-refractivity contribution is -0.137. The molecule has 7 rings (SSSR count). The minimum absolute atomic E-state index is 0.0314. The van der Waals surface area contributed by atoms with E-state index in [9.17, 15) is 53.1 Å². The number of aliphatic hydroxyl groups excluding tert-OH is 1. The van der Waals surface area contributed by atoms with Gasteiger partial charge in [-0.3, -0.25) is 4.79 Å². The maximum atomic E-state index is 14.1. The topological polar surface area (TPSA) is 145 Å². The molecule has 1 amide bonds. The molecule has 0 aliphatic carbocycles. The number of carbonyl (C=O) groups is 1. The van der Waals surface area contributed by atoms with Gasteiger partial charge in [-0.2, -0.15) is 26.3 Å². The molecule has 2 aliphatic heterocycles. The molecule has 19 heteroatoms. The van der Waals surface area contributed by atoms with Crippen LogP contribution in [-0.2, 0) is 26.0 Å². The quantitative estimate of drug-likeness (QED) is 0.0592. The van der Waals surface area contributed by atoms with Crippen LogP contribution in [-0.4, -0.2) is 70.8 Å². The number of amides is 1. The summed E-state index contributed by atoms with van der Waals surface area (Å²) in [6.07, 6.45) is -2.10. The Bertz CT molecular complexity index is 2660. The molecule has 65 heavy (non-hydrogen) atoms. The van der Waals surface area contributed by atoms with Crippen LogP contribution in [0.25, 0.3) is 11.1 Å². The highest BCUT2D eigenvalue weighted by atomic mass is 32.2. The third-order valence-electron chi connectivity index (χ3n) is 11.7. The van der Waals surface area contributed by atoms with Crippen LogP contribution in [0.5, 0.6) is 0 Å². The number of hydrogen-bond acceptors (Lipinski definition) is 10. The summed E-state index contributed by atoms with van der Waals surface area (Å²) < 4.78 is 137. The Kier molecular flexibility index (Phi) is 14.6. The van der Waals surface area contributed by atoms with Gasteiger partial charge in [0.15, 0.2) is 0 Å². The summed E-state index contributed by atoms with van der Waals surface area (Å²) in [4.78, 5) is 14.0. The Morgan fingerprint density at radius 2 is 1.48 bits per heavy atom. The number of alkyl halides is 6. The highest BCUT2D eigenvalue weighted by Gasteiger charge is 2.48. The predicted octanol–water partition coefficient (Wildman–Crippen LogP) is 9.45. The van der Waals surface area contributed by atoms with E-state index < -0.39 is 70.6 Å². The Morgan fingerprint density at radius 1 is 0.815 bits per heavy atom. The lowest BCUT2D eigenvalue weighted by Gasteiger charge is -2.36. The summed E-state index contributed by atoms with van der Waals surface area (Å²) in [7, 11) is -11.0. The van der Waals surface area contributed by atoms with Gasteiger partial charge in [-0.05, 0) is 128 Å². The molecule has 0 saturated carbocycles. The van der Waals surface area contributed by atoms with Crippen LogP contribution in [0.15, 0.2) is 136 Å². The van der Waals surface area contributed by atoms with Crippen LogP contribution in [0.2, 0.25) is 0 Å². The van der Waals surface area contributed by atoms with Crippen LogP contribution in [0.3, 0.4) is 0 Å². The van der Waals surface area contributed by atoms with E-state index in [1.165, 1.54) is 36.0 Å². The van der Waals surface area contributed by atoms with E-state index in [0.29, 0.717) is 66.5 Å². The number of sulfonamides is 1. The first-order valence-electron chi connectivity index (χ1n) is 20.8. The summed E-state index contributed by atoms with van der Waals surface area (Å²) in [5, 5.41) is 17.8. The summed E-state index contributed by atoms with van der Waals surface area (Å²) in [5.41, 5.74) is -4.61. The molecule has 0 spiro atoms. The number of nitrogens with zero attached hydrogens (tertiary/aromatic N) is 1. The molecule has 10 nitrogen and oxygen atoms in total. The average Bonchev–Trinajstić information content (AvgIpc) is 3.81. The molecule has 3 atom stereocenters. The van der Waals surface area contributed by atoms with Crippen molar-refractivity contribution in [3.05, 3.63) is 138 Å². The van der Waals surface area contributed by atoms with Crippen molar-refractivity contribution < 1.29 is 53.1 Å². The standard InChI is InChI=1S/C46H46F6N4O6S3/c47-45(48,49)33-16-12-30(13-17-33)39-10-4-5-11-40(39)43(57)31-22-25-56(26-23-31)36-18-14-32(15-19-36)44(58)55-65(61,62)38-20-21-41(42(28-38)64(59,60)46(50,51)52)54-35(27-34-7-6-24-53-34)29-63-37-8-2-1-3-9-37/h1-5,8-21,28,31,34-35,43,53-54,57H,6-7,22-27,29H2,(H,55,58)/t34-,35+,43?/m0/s1. The van der Waals surface area contributed by atoms with E-state index >= 15 is 0 Å². The van der Waals surface area contributed by atoms with E-state index in [4.69, 9.17) is 0 Å². The van der Waals surface area contributed by atoms with Crippen LogP contribution in [0, 0.1) is 5.92 Å². The second kappa shape index (κ2) is 19.8. The van der Waals surface area contributed by atoms with E-state index in [1.54, 1.807) is 36.4 Å². The first kappa shape index (κ1) is 47.9. The number of carbonyl (C=O) groups excluding carboxylic acids is 1. The third-order valence-corrected chi connectivity index (χ3v) is 15.7. The number of hydrogen-bond donors (Lipinski definition) is 4. The van der Waals surface area contributed by atoms with E-state index in [0.717, 1.165) is 48.5 Å². The van der Waals surface area contributed by atoms with Gasteiger partial charge in [-0.25, -0.2) is 21.6 Å². The molecule has 5 aromatic rings. The van der Waals surface area contributed by atoms with E-state index in [1.807, 2.05) is 40.0 Å². The Morgan fingerprint density at radius 3 is 2.11 bits per heavy atom. The summed E-state index contributed by atoms with van der Waals surface area (Å²) in [6, 6.07) is 28.8. The minimum atomic E-state index is -6.08. The SMILES string of the molecule is O=C(NS(=O)(=O)c1ccc(N[C@@H](CSc2ccccc2)C[C@@H]2CCCN2)c(S(=O)(=O)C(F)(F)F)c1)c1ccc(N2CCC(C(O)c3ccccc3-c3ccc(C(F)(F)F)cc3)CC2)cc1. The van der Waals surface area contributed by atoms with Crippen molar-refractivity contribution in [2.75, 3.05) is 35.6 Å². The fraction of sp³-hybridized carbons (Fsp3) is 0.326. The summed E-state index contributed by atoms with van der Waals surface area (Å²) in [5.74, 6) is -0.923. The molecule has 346 valence electrons. The van der Waals surface area contributed by atoms with Crippen LogP contribution in [0.4, 0.5) is 37.7 Å². The lowest BCUT2D eigenvalue weighted by Crippen LogP contribution is -2.36. The molecule has 1 unspecified atom stereocenters. The normalized spacial score (nSPS) is 17.4. The zero-order valence-corrected chi connectivity index (χ0v) is 37.1. The molecule has 5 aromatic carbocycles. The lowest BCUT2D eigenvalue weighted by atomic mass is 9.84. The molecule has 2 aliphatic rings. The van der Waals surface area contributed by atoms with Gasteiger partial charge in [-0.1, -0.05) is 54.6 Å². The molecule has 4 N–H and O–H groups in total. The van der Waals surface area contributed by atoms with Gasteiger partial charge >= 0.3 is 11.7 Å². The second-order valence-electron chi connectivity index (χ2n) is 16.0. The molecule has 0 bridgehead atoms. The van der Waals surface area contributed by atoms with Gasteiger partial charge in [0.2, 0.25) is 0 Å². The van der Waals surface area contributed by atoms with Crippen molar-refractivity contribution in [2.24, 2.45) is 5.92 Å². The molecule has 0 radical (unpaired) electrons. The van der Waals surface area contributed by atoms with Crippen molar-refractivity contribution in [3.8, 4) is 11.1 Å². The van der Waals surface area contributed by atoms with Gasteiger partial charge in [0.05, 0.1) is 22.3 Å². The number of halogens is 6. The fourth-order valence-electron chi connectivity index (χ4n) is 8.19. The van der Waals surface area contributed by atoms with Crippen molar-refractivity contribution in [2.45, 2.75) is 76.7 Å². The van der Waals surface area contributed by atoms with Crippen LogP contribution in [0.1, 0.15) is 59.7 Å². The van der Waals surface area contributed by atoms with E-state index in [2.05, 4.69) is 10.6 Å². The number of aliphatic hydroxyl groups is 1. The molecular formula is C46H46F6N4O6S3. The first-order valence-corrected chi connectivity index (χ1v) is 24.8. The van der Waals surface area contributed by atoms with Gasteiger partial charge in [-0.15, -0.1) is 11.8 Å². The summed E-state index contributed by atoms with van der Waals surface area (Å²) >= 11 is 1.43. The van der Waals surface area contributed by atoms with Gasteiger partial charge in [0, 0.05) is 47.1 Å². The monoisotopic (exact) mass is 960 g/mol. The molecule has 0 aromatic heterocycles. The Labute approximate surface area is 377 Å². The number of benzene rings is 5. The number of nitrogens with one attached hydrogen (secondary N) is 3. The molecular weight excluding hydrogens is 915 g/mol. The number of piperidine rings is 1. The molecule has 2 heterocycles. The smallest absolute Gasteiger partial charge is 0.388 e. The number of anilines is 2. The fourth-order valence-corrected chi connectivity index (χ4v) is 11.2. The van der Waals surface area contributed by atoms with Crippen molar-refractivity contribution >= 4 is 48.9 Å². The minimum Gasteiger partial charge on any atom is -0.388 e.